The highest BCUT2D eigenvalue weighted by atomic mass is 16.4. The van der Waals surface area contributed by atoms with Gasteiger partial charge in [0.25, 0.3) is 0 Å². The molecule has 0 spiro atoms. The topological polar surface area (TPSA) is 263 Å². The average Bonchev–Trinajstić information content (AvgIpc) is 2.96. The van der Waals surface area contributed by atoms with E-state index in [1.165, 1.54) is 19.0 Å². The van der Waals surface area contributed by atoms with Crippen LogP contribution in [0.3, 0.4) is 0 Å². The third-order valence-electron chi connectivity index (χ3n) is 6.71. The lowest BCUT2D eigenvalue weighted by atomic mass is 10.0. The molecule has 0 aromatic carbocycles. The predicted molar refractivity (Wildman–Crippen MR) is 143 cm³/mol. The molecular formula is C25H49N3O13. The lowest BCUT2D eigenvalue weighted by Crippen LogP contribution is -2.50. The third kappa shape index (κ3) is 13.7. The average molecular weight is 600 g/mol. The van der Waals surface area contributed by atoms with Crippen LogP contribution < -0.4 is 0 Å². The fourth-order valence-electron chi connectivity index (χ4n) is 3.80. The Labute approximate surface area is 239 Å². The van der Waals surface area contributed by atoms with Crippen LogP contribution in [0.2, 0.25) is 0 Å². The van der Waals surface area contributed by atoms with Crippen LogP contribution in [0.25, 0.3) is 0 Å². The molecule has 8 atom stereocenters. The van der Waals surface area contributed by atoms with Gasteiger partial charge in [-0.1, -0.05) is 13.3 Å². The van der Waals surface area contributed by atoms with Crippen molar-refractivity contribution in [3.8, 4) is 0 Å². The summed E-state index contributed by atoms with van der Waals surface area (Å²) in [5, 5.41) is 96.2. The van der Waals surface area contributed by atoms with Crippen LogP contribution in [0, 0.1) is 0 Å². The summed E-state index contributed by atoms with van der Waals surface area (Å²) in [7, 11) is 2.65. The minimum Gasteiger partial charge on any atom is -0.394 e. The molecule has 0 aromatic heterocycles. The maximum absolute atomic E-state index is 12.7. The molecule has 41 heavy (non-hydrogen) atoms. The molecule has 0 fully saturated rings. The van der Waals surface area contributed by atoms with E-state index in [-0.39, 0.29) is 38.3 Å². The second kappa shape index (κ2) is 20.0. The summed E-state index contributed by atoms with van der Waals surface area (Å²) < 4.78 is 0. The summed E-state index contributed by atoms with van der Waals surface area (Å²) in [5.74, 6) is -1.34. The van der Waals surface area contributed by atoms with Crippen molar-refractivity contribution >= 4 is 17.7 Å². The lowest BCUT2D eigenvalue weighted by molar-refractivity contribution is -0.140. The summed E-state index contributed by atoms with van der Waals surface area (Å²) >= 11 is 0. The number of hydrogen-bond donors (Lipinski definition) is 10. The number of amides is 3. The van der Waals surface area contributed by atoms with E-state index >= 15 is 0 Å². The maximum Gasteiger partial charge on any atom is 0.224 e. The van der Waals surface area contributed by atoms with E-state index in [1.807, 2.05) is 6.92 Å². The minimum atomic E-state index is -1.84. The van der Waals surface area contributed by atoms with Gasteiger partial charge in [0, 0.05) is 59.5 Å². The van der Waals surface area contributed by atoms with Gasteiger partial charge in [-0.25, -0.2) is 0 Å². The zero-order valence-electron chi connectivity index (χ0n) is 23.9. The first-order chi connectivity index (χ1) is 19.1. The van der Waals surface area contributed by atoms with Crippen LogP contribution in [-0.4, -0.2) is 186 Å². The Kier molecular flexibility index (Phi) is 19.0. The Hall–Kier alpha value is -1.99. The highest BCUT2D eigenvalue weighted by Gasteiger charge is 2.32. The van der Waals surface area contributed by atoms with Crippen LogP contribution in [0.5, 0.6) is 0 Å². The molecule has 0 saturated heterocycles. The molecule has 0 aromatic rings. The molecule has 0 aliphatic heterocycles. The summed E-state index contributed by atoms with van der Waals surface area (Å²) in [4.78, 5) is 41.4. The first kappa shape index (κ1) is 39.0. The number of hydrogen-bond acceptors (Lipinski definition) is 13. The maximum atomic E-state index is 12.7. The van der Waals surface area contributed by atoms with E-state index in [0.29, 0.717) is 6.42 Å². The van der Waals surface area contributed by atoms with Crippen molar-refractivity contribution in [2.75, 3.05) is 53.5 Å². The summed E-state index contributed by atoms with van der Waals surface area (Å²) in [6.45, 7) is -0.776. The van der Waals surface area contributed by atoms with Gasteiger partial charge in [0.05, 0.1) is 13.2 Å². The smallest absolute Gasteiger partial charge is 0.224 e. The molecule has 242 valence electrons. The summed E-state index contributed by atoms with van der Waals surface area (Å²) in [5.41, 5.74) is 0. The zero-order valence-corrected chi connectivity index (χ0v) is 23.9. The molecule has 10 N–H and O–H groups in total. The molecule has 0 saturated carbocycles. The second-order valence-corrected chi connectivity index (χ2v) is 10.1. The number of likely N-dealkylation sites (N-methyl/N-ethyl adjacent to an activating group) is 2. The van der Waals surface area contributed by atoms with Crippen molar-refractivity contribution in [2.24, 2.45) is 0 Å². The van der Waals surface area contributed by atoms with Crippen molar-refractivity contribution in [1.82, 2.24) is 14.7 Å². The number of rotatable bonds is 21. The van der Waals surface area contributed by atoms with Gasteiger partial charge >= 0.3 is 0 Å². The summed E-state index contributed by atoms with van der Waals surface area (Å²) in [6, 6.07) is 0. The molecule has 3 amide bonds. The Balaban J connectivity index is 5.09. The number of carbonyl (C=O) groups excluding carboxylic acids is 3. The number of aliphatic hydroxyl groups is 10. The highest BCUT2D eigenvalue weighted by molar-refractivity contribution is 5.80. The van der Waals surface area contributed by atoms with Crippen molar-refractivity contribution in [3.63, 3.8) is 0 Å². The van der Waals surface area contributed by atoms with Gasteiger partial charge in [-0.05, 0) is 6.42 Å². The number of unbranched alkanes of at least 4 members (excludes halogenated alkanes) is 1. The van der Waals surface area contributed by atoms with Crippen LogP contribution in [0.1, 0.15) is 39.0 Å². The van der Waals surface area contributed by atoms with E-state index in [4.69, 9.17) is 10.2 Å². The van der Waals surface area contributed by atoms with Gasteiger partial charge in [-0.2, -0.15) is 0 Å². The fraction of sp³-hybridized carbons (Fsp3) is 0.880. The van der Waals surface area contributed by atoms with Crippen LogP contribution in [0.4, 0.5) is 0 Å². The Bertz CT molecular complexity index is 725. The first-order valence-electron chi connectivity index (χ1n) is 13.5. The lowest BCUT2D eigenvalue weighted by Gasteiger charge is -2.30. The number of nitrogens with zero attached hydrogens (tertiary/aromatic N) is 3. The van der Waals surface area contributed by atoms with Crippen LogP contribution in [0.15, 0.2) is 0 Å². The van der Waals surface area contributed by atoms with Gasteiger partial charge in [0.15, 0.2) is 0 Å². The van der Waals surface area contributed by atoms with E-state index in [0.717, 1.165) is 16.2 Å². The molecule has 0 heterocycles. The van der Waals surface area contributed by atoms with Crippen molar-refractivity contribution in [3.05, 3.63) is 0 Å². The van der Waals surface area contributed by atoms with E-state index in [1.54, 1.807) is 0 Å². The molecule has 16 nitrogen and oxygen atoms in total. The molecule has 16 heteroatoms. The predicted octanol–water partition coefficient (Wildman–Crippen LogP) is -5.43. The van der Waals surface area contributed by atoms with Gasteiger partial charge in [0.1, 0.15) is 48.8 Å². The molecule has 0 bridgehead atoms. The Morgan fingerprint density at radius 2 is 0.902 bits per heavy atom. The SMILES string of the molecule is CCCCC(=O)N(CCC(=O)N(C)C[C@H](O)[C@@H](O)[C@H](O)[C@H](O)CO)CCC(=O)N(C)C[C@H](O)[C@@H](O)[C@H](O)[C@H](O)CO. The molecular weight excluding hydrogens is 550 g/mol. The third-order valence-corrected chi connectivity index (χ3v) is 6.71. The van der Waals surface area contributed by atoms with E-state index in [2.05, 4.69) is 0 Å². The fourth-order valence-corrected chi connectivity index (χ4v) is 3.80. The molecule has 0 aliphatic rings. The van der Waals surface area contributed by atoms with Crippen LogP contribution in [-0.2, 0) is 14.4 Å². The zero-order chi connectivity index (χ0) is 31.9. The molecule has 0 rings (SSSR count). The van der Waals surface area contributed by atoms with Crippen molar-refractivity contribution in [2.45, 2.75) is 87.9 Å². The Morgan fingerprint density at radius 1 is 0.561 bits per heavy atom. The standard InChI is InChI=1S/C25H49N3O13/c1-4-5-6-21(37)28(9-7-19(35)26(2)11-15(31)22(38)24(40)17(33)13-29)10-8-20(36)27(3)12-16(32)23(39)25(41)18(34)14-30/h15-18,22-25,29-34,38-41H,4-14H2,1-3H3/t15-,16-,17+,18+,22+,23+,24+,25+/m0/s1. The van der Waals surface area contributed by atoms with Crippen molar-refractivity contribution in [1.29, 1.82) is 0 Å². The first-order valence-corrected chi connectivity index (χ1v) is 13.5. The monoisotopic (exact) mass is 599 g/mol. The van der Waals surface area contributed by atoms with Crippen LogP contribution >= 0.6 is 0 Å². The normalized spacial score (nSPS) is 17.5. The van der Waals surface area contributed by atoms with Gasteiger partial charge in [-0.3, -0.25) is 14.4 Å². The van der Waals surface area contributed by atoms with E-state index < -0.39 is 86.9 Å². The van der Waals surface area contributed by atoms with Gasteiger partial charge < -0.3 is 65.8 Å². The molecule has 0 unspecified atom stereocenters. The van der Waals surface area contributed by atoms with Crippen molar-refractivity contribution < 1.29 is 65.4 Å². The minimum absolute atomic E-state index is 0.0696. The number of carbonyl (C=O) groups is 3. The van der Waals surface area contributed by atoms with Gasteiger partial charge in [-0.15, -0.1) is 0 Å². The highest BCUT2D eigenvalue weighted by Crippen LogP contribution is 2.10. The van der Waals surface area contributed by atoms with Gasteiger partial charge in [0.2, 0.25) is 17.7 Å². The molecule has 0 radical (unpaired) electrons. The second-order valence-electron chi connectivity index (χ2n) is 10.1. The summed E-state index contributed by atoms with van der Waals surface area (Å²) in [6.07, 6.45) is -12.9. The molecule has 0 aliphatic carbocycles. The largest absolute Gasteiger partial charge is 0.394 e. The van der Waals surface area contributed by atoms with E-state index in [9.17, 15) is 55.2 Å². The quantitative estimate of drug-likeness (QED) is 0.0591. The Morgan fingerprint density at radius 3 is 1.22 bits per heavy atom. The number of aliphatic hydroxyl groups excluding tert-OH is 10.